The van der Waals surface area contributed by atoms with Crippen molar-refractivity contribution in [3.63, 3.8) is 0 Å². The Kier molecular flexibility index (Phi) is 5.18. The highest BCUT2D eigenvalue weighted by Gasteiger charge is 2.43. The van der Waals surface area contributed by atoms with Crippen LogP contribution in [0.4, 0.5) is 0 Å². The van der Waals surface area contributed by atoms with Gasteiger partial charge in [0.15, 0.2) is 5.79 Å². The van der Waals surface area contributed by atoms with Crippen LogP contribution in [0.15, 0.2) is 0 Å². The van der Waals surface area contributed by atoms with Gasteiger partial charge in [0.05, 0.1) is 12.7 Å². The molecule has 96 valence electrons. The molecule has 3 atom stereocenters. The lowest BCUT2D eigenvalue weighted by molar-refractivity contribution is -0.157. The maximum absolute atomic E-state index is 9.66. The minimum absolute atomic E-state index is 0.108. The fraction of sp³-hybridized carbons (Fsp3) is 1.00. The van der Waals surface area contributed by atoms with Gasteiger partial charge in [-0.3, -0.25) is 0 Å². The summed E-state index contributed by atoms with van der Waals surface area (Å²) in [6.07, 6.45) is 2.88. The Labute approximate surface area is 97.6 Å². The van der Waals surface area contributed by atoms with Crippen LogP contribution in [-0.2, 0) is 9.47 Å². The molecule has 1 saturated heterocycles. The molecular weight excluding hydrogens is 208 g/mol. The Morgan fingerprint density at radius 2 is 1.94 bits per heavy atom. The van der Waals surface area contributed by atoms with E-state index in [1.54, 1.807) is 0 Å². The first-order chi connectivity index (χ1) is 7.50. The standard InChI is InChI=1S/C12H24O4/c1-4-5-6-7-10-11(9(14)8-13)16-12(2,3)15-10/h9-11,13-14H,4-8H2,1-3H3/t9-,10-,11-/m0/s1. The zero-order valence-corrected chi connectivity index (χ0v) is 10.5. The summed E-state index contributed by atoms with van der Waals surface area (Å²) in [6, 6.07) is 0. The number of aliphatic hydroxyl groups is 2. The first-order valence-electron chi connectivity index (χ1n) is 6.14. The Morgan fingerprint density at radius 3 is 2.50 bits per heavy atom. The molecule has 1 fully saturated rings. The van der Waals surface area contributed by atoms with Crippen molar-refractivity contribution in [3.05, 3.63) is 0 Å². The molecule has 0 bridgehead atoms. The molecule has 0 aromatic heterocycles. The molecular formula is C12H24O4. The predicted octanol–water partition coefficient (Wildman–Crippen LogP) is 1.44. The number of hydrogen-bond donors (Lipinski definition) is 2. The Balaban J connectivity index is 2.50. The van der Waals surface area contributed by atoms with Crippen LogP contribution in [0.25, 0.3) is 0 Å². The van der Waals surface area contributed by atoms with E-state index in [4.69, 9.17) is 14.6 Å². The number of ether oxygens (including phenoxy) is 2. The number of aliphatic hydroxyl groups excluding tert-OH is 2. The van der Waals surface area contributed by atoms with Gasteiger partial charge in [0, 0.05) is 0 Å². The largest absolute Gasteiger partial charge is 0.394 e. The van der Waals surface area contributed by atoms with Gasteiger partial charge in [0.2, 0.25) is 0 Å². The molecule has 4 heteroatoms. The van der Waals surface area contributed by atoms with Gasteiger partial charge in [0.25, 0.3) is 0 Å². The van der Waals surface area contributed by atoms with Gasteiger partial charge in [-0.2, -0.15) is 0 Å². The normalized spacial score (nSPS) is 30.6. The molecule has 0 spiro atoms. The number of unbranched alkanes of at least 4 members (excludes halogenated alkanes) is 2. The third-order valence-electron chi connectivity index (χ3n) is 2.88. The molecule has 0 amide bonds. The van der Waals surface area contributed by atoms with Crippen molar-refractivity contribution in [2.24, 2.45) is 0 Å². The second-order valence-corrected chi connectivity index (χ2v) is 4.88. The molecule has 1 heterocycles. The first-order valence-corrected chi connectivity index (χ1v) is 6.14. The fourth-order valence-corrected chi connectivity index (χ4v) is 2.11. The number of hydrogen-bond acceptors (Lipinski definition) is 4. The lowest BCUT2D eigenvalue weighted by Crippen LogP contribution is -2.37. The highest BCUT2D eigenvalue weighted by atomic mass is 16.8. The third-order valence-corrected chi connectivity index (χ3v) is 2.88. The molecule has 0 unspecified atom stereocenters. The van der Waals surface area contributed by atoms with Crippen molar-refractivity contribution in [3.8, 4) is 0 Å². The average molecular weight is 232 g/mol. The fourth-order valence-electron chi connectivity index (χ4n) is 2.11. The van der Waals surface area contributed by atoms with E-state index in [0.29, 0.717) is 0 Å². The van der Waals surface area contributed by atoms with Crippen LogP contribution in [0.2, 0.25) is 0 Å². The summed E-state index contributed by atoms with van der Waals surface area (Å²) in [7, 11) is 0. The predicted molar refractivity (Wildman–Crippen MR) is 61.1 cm³/mol. The van der Waals surface area contributed by atoms with Crippen molar-refractivity contribution in [1.82, 2.24) is 0 Å². The van der Waals surface area contributed by atoms with Gasteiger partial charge >= 0.3 is 0 Å². The topological polar surface area (TPSA) is 58.9 Å². The van der Waals surface area contributed by atoms with Crippen molar-refractivity contribution in [1.29, 1.82) is 0 Å². The van der Waals surface area contributed by atoms with Crippen molar-refractivity contribution >= 4 is 0 Å². The Morgan fingerprint density at radius 1 is 1.25 bits per heavy atom. The smallest absolute Gasteiger partial charge is 0.163 e. The Bertz CT molecular complexity index is 205. The van der Waals surface area contributed by atoms with Crippen LogP contribution in [0.5, 0.6) is 0 Å². The highest BCUT2D eigenvalue weighted by Crippen LogP contribution is 2.32. The highest BCUT2D eigenvalue weighted by molar-refractivity contribution is 4.86. The molecule has 1 aliphatic rings. The third kappa shape index (κ3) is 3.70. The van der Waals surface area contributed by atoms with Gasteiger partial charge in [-0.15, -0.1) is 0 Å². The van der Waals surface area contributed by atoms with Crippen LogP contribution < -0.4 is 0 Å². The maximum atomic E-state index is 9.66. The van der Waals surface area contributed by atoms with Crippen molar-refractivity contribution < 1.29 is 19.7 Å². The van der Waals surface area contributed by atoms with Gasteiger partial charge in [0.1, 0.15) is 12.2 Å². The van der Waals surface area contributed by atoms with Gasteiger partial charge in [-0.25, -0.2) is 0 Å². The lowest BCUT2D eigenvalue weighted by Gasteiger charge is -2.20. The molecule has 0 aromatic rings. The maximum Gasteiger partial charge on any atom is 0.163 e. The van der Waals surface area contributed by atoms with Crippen LogP contribution in [0.3, 0.4) is 0 Å². The van der Waals surface area contributed by atoms with E-state index in [1.807, 2.05) is 13.8 Å². The molecule has 0 radical (unpaired) electrons. The van der Waals surface area contributed by atoms with Crippen molar-refractivity contribution in [2.75, 3.05) is 6.61 Å². The molecule has 0 aromatic carbocycles. The molecule has 4 nitrogen and oxygen atoms in total. The van der Waals surface area contributed by atoms with Crippen LogP contribution in [0, 0.1) is 0 Å². The van der Waals surface area contributed by atoms with E-state index in [2.05, 4.69) is 6.92 Å². The van der Waals surface area contributed by atoms with Crippen LogP contribution in [0.1, 0.15) is 46.5 Å². The zero-order valence-electron chi connectivity index (χ0n) is 10.5. The summed E-state index contributed by atoms with van der Waals surface area (Å²) in [4.78, 5) is 0. The quantitative estimate of drug-likeness (QED) is 0.680. The average Bonchev–Trinajstić information content (AvgIpc) is 2.53. The van der Waals surface area contributed by atoms with Crippen LogP contribution in [-0.4, -0.2) is 40.9 Å². The monoisotopic (exact) mass is 232 g/mol. The van der Waals surface area contributed by atoms with Gasteiger partial charge < -0.3 is 19.7 Å². The summed E-state index contributed by atoms with van der Waals surface area (Å²) in [5, 5.41) is 18.6. The summed E-state index contributed by atoms with van der Waals surface area (Å²) < 4.78 is 11.4. The summed E-state index contributed by atoms with van der Waals surface area (Å²) in [5.41, 5.74) is 0. The molecule has 16 heavy (non-hydrogen) atoms. The van der Waals surface area contributed by atoms with E-state index in [9.17, 15) is 5.11 Å². The van der Waals surface area contributed by atoms with Crippen LogP contribution >= 0.6 is 0 Å². The molecule has 0 aliphatic carbocycles. The van der Waals surface area contributed by atoms with E-state index in [-0.39, 0.29) is 12.7 Å². The second kappa shape index (κ2) is 5.96. The van der Waals surface area contributed by atoms with Crippen molar-refractivity contribution in [2.45, 2.75) is 70.6 Å². The summed E-state index contributed by atoms with van der Waals surface area (Å²) in [6.45, 7) is 5.54. The first kappa shape index (κ1) is 13.9. The summed E-state index contributed by atoms with van der Waals surface area (Å²) >= 11 is 0. The zero-order chi connectivity index (χ0) is 12.2. The van der Waals surface area contributed by atoms with E-state index < -0.39 is 18.0 Å². The minimum atomic E-state index is -0.853. The summed E-state index contributed by atoms with van der Waals surface area (Å²) in [5.74, 6) is -0.655. The van der Waals surface area contributed by atoms with E-state index >= 15 is 0 Å². The molecule has 1 rings (SSSR count). The molecule has 1 aliphatic heterocycles. The lowest BCUT2D eigenvalue weighted by atomic mass is 10.0. The molecule has 0 saturated carbocycles. The second-order valence-electron chi connectivity index (χ2n) is 4.88. The molecule has 2 N–H and O–H groups in total. The van der Waals surface area contributed by atoms with E-state index in [0.717, 1.165) is 25.7 Å². The van der Waals surface area contributed by atoms with Gasteiger partial charge in [-0.05, 0) is 20.3 Å². The SMILES string of the molecule is CCCCC[C@@H]1OC(C)(C)O[C@H]1[C@@H](O)CO. The minimum Gasteiger partial charge on any atom is -0.394 e. The van der Waals surface area contributed by atoms with Gasteiger partial charge in [-0.1, -0.05) is 26.2 Å². The van der Waals surface area contributed by atoms with E-state index in [1.165, 1.54) is 0 Å². The number of rotatable bonds is 6. The Hall–Kier alpha value is -0.160.